The number of rotatable bonds is 8. The number of hydrogen-bond acceptors (Lipinski definition) is 3. The number of benzene rings is 1. The van der Waals surface area contributed by atoms with E-state index in [4.69, 9.17) is 5.84 Å². The summed E-state index contributed by atoms with van der Waals surface area (Å²) in [5.74, 6) is 7.03. The standard InChI is InChI=1S/C14H23FN2S/c1-11(2)4-3-5-13(17-16)10-18-14-8-6-12(15)7-9-14/h6-9,11,13,17H,3-5,10,16H2,1-2H3. The highest BCUT2D eigenvalue weighted by Gasteiger charge is 2.07. The fourth-order valence-corrected chi connectivity index (χ4v) is 2.70. The predicted octanol–water partition coefficient (Wildman–Crippen LogP) is 3.58. The van der Waals surface area contributed by atoms with Gasteiger partial charge >= 0.3 is 0 Å². The van der Waals surface area contributed by atoms with Gasteiger partial charge in [0.2, 0.25) is 0 Å². The molecule has 1 unspecified atom stereocenters. The smallest absolute Gasteiger partial charge is 0.123 e. The Hall–Kier alpha value is -0.580. The molecule has 0 fully saturated rings. The Labute approximate surface area is 113 Å². The first kappa shape index (κ1) is 15.5. The molecular weight excluding hydrogens is 247 g/mol. The van der Waals surface area contributed by atoms with E-state index in [1.165, 1.54) is 25.0 Å². The molecule has 0 saturated heterocycles. The van der Waals surface area contributed by atoms with E-state index < -0.39 is 0 Å². The first-order valence-electron chi connectivity index (χ1n) is 6.46. The Kier molecular flexibility index (Phi) is 7.32. The molecule has 4 heteroatoms. The lowest BCUT2D eigenvalue weighted by molar-refractivity contribution is 0.469. The molecule has 0 radical (unpaired) electrons. The maximum atomic E-state index is 12.8. The number of thioether (sulfide) groups is 1. The number of nitrogens with two attached hydrogens (primary N) is 1. The number of hydrogen-bond donors (Lipinski definition) is 2. The van der Waals surface area contributed by atoms with Crippen molar-refractivity contribution in [3.63, 3.8) is 0 Å². The first-order chi connectivity index (χ1) is 8.61. The molecule has 0 aromatic heterocycles. The van der Waals surface area contributed by atoms with Crippen molar-refractivity contribution in [2.45, 2.75) is 44.0 Å². The molecule has 0 aliphatic heterocycles. The average Bonchev–Trinajstić information content (AvgIpc) is 2.35. The third-order valence-corrected chi connectivity index (χ3v) is 4.01. The van der Waals surface area contributed by atoms with Crippen molar-refractivity contribution in [1.29, 1.82) is 0 Å². The molecule has 1 aromatic rings. The van der Waals surface area contributed by atoms with Crippen LogP contribution in [-0.2, 0) is 0 Å². The zero-order valence-electron chi connectivity index (χ0n) is 11.2. The van der Waals surface area contributed by atoms with Crippen molar-refractivity contribution < 1.29 is 4.39 Å². The Balaban J connectivity index is 2.28. The maximum Gasteiger partial charge on any atom is 0.123 e. The molecule has 0 heterocycles. The lowest BCUT2D eigenvalue weighted by Gasteiger charge is -2.16. The van der Waals surface area contributed by atoms with Crippen molar-refractivity contribution in [3.05, 3.63) is 30.1 Å². The molecule has 0 saturated carbocycles. The van der Waals surface area contributed by atoms with E-state index in [1.807, 2.05) is 12.1 Å². The second-order valence-electron chi connectivity index (χ2n) is 4.95. The van der Waals surface area contributed by atoms with Crippen LogP contribution in [0.5, 0.6) is 0 Å². The van der Waals surface area contributed by atoms with Gasteiger partial charge < -0.3 is 0 Å². The van der Waals surface area contributed by atoms with E-state index in [9.17, 15) is 4.39 Å². The minimum atomic E-state index is -0.190. The summed E-state index contributed by atoms with van der Waals surface area (Å²) >= 11 is 1.71. The van der Waals surface area contributed by atoms with Crippen molar-refractivity contribution in [2.24, 2.45) is 11.8 Å². The zero-order valence-corrected chi connectivity index (χ0v) is 12.0. The lowest BCUT2D eigenvalue weighted by Crippen LogP contribution is -2.37. The number of nitrogens with one attached hydrogen (secondary N) is 1. The third-order valence-electron chi connectivity index (χ3n) is 2.83. The van der Waals surface area contributed by atoms with Gasteiger partial charge in [0.05, 0.1) is 0 Å². The largest absolute Gasteiger partial charge is 0.271 e. The van der Waals surface area contributed by atoms with Crippen molar-refractivity contribution >= 4 is 11.8 Å². The monoisotopic (exact) mass is 270 g/mol. The van der Waals surface area contributed by atoms with Crippen LogP contribution < -0.4 is 11.3 Å². The summed E-state index contributed by atoms with van der Waals surface area (Å²) in [6.07, 6.45) is 3.51. The van der Waals surface area contributed by atoms with Gasteiger partial charge in [-0.25, -0.2) is 4.39 Å². The van der Waals surface area contributed by atoms with Gasteiger partial charge in [-0.05, 0) is 36.6 Å². The summed E-state index contributed by atoms with van der Waals surface area (Å²) in [5.41, 5.74) is 2.86. The molecule has 0 aliphatic carbocycles. The number of hydrazine groups is 1. The van der Waals surface area contributed by atoms with E-state index in [0.717, 1.165) is 23.0 Å². The summed E-state index contributed by atoms with van der Waals surface area (Å²) < 4.78 is 12.8. The second-order valence-corrected chi connectivity index (χ2v) is 6.05. The average molecular weight is 270 g/mol. The van der Waals surface area contributed by atoms with Crippen LogP contribution in [-0.4, -0.2) is 11.8 Å². The highest BCUT2D eigenvalue weighted by atomic mass is 32.2. The number of halogens is 1. The molecular formula is C14H23FN2S. The maximum absolute atomic E-state index is 12.8. The molecule has 0 bridgehead atoms. The molecule has 0 amide bonds. The van der Waals surface area contributed by atoms with Crippen LogP contribution in [0.15, 0.2) is 29.2 Å². The molecule has 102 valence electrons. The fourth-order valence-electron chi connectivity index (χ4n) is 1.71. The SMILES string of the molecule is CC(C)CCCC(CSc1ccc(F)cc1)NN. The van der Waals surface area contributed by atoms with Gasteiger partial charge in [-0.3, -0.25) is 11.3 Å². The second kappa shape index (κ2) is 8.51. The highest BCUT2D eigenvalue weighted by molar-refractivity contribution is 7.99. The Morgan fingerprint density at radius 3 is 2.44 bits per heavy atom. The summed E-state index contributed by atoms with van der Waals surface area (Å²) in [4.78, 5) is 1.08. The van der Waals surface area contributed by atoms with E-state index in [0.29, 0.717) is 6.04 Å². The Morgan fingerprint density at radius 2 is 1.89 bits per heavy atom. The quantitative estimate of drug-likeness (QED) is 0.431. The molecule has 18 heavy (non-hydrogen) atoms. The van der Waals surface area contributed by atoms with Crippen LogP contribution >= 0.6 is 11.8 Å². The van der Waals surface area contributed by atoms with Gasteiger partial charge in [-0.1, -0.05) is 26.7 Å². The lowest BCUT2D eigenvalue weighted by atomic mass is 10.0. The molecule has 1 rings (SSSR count). The zero-order chi connectivity index (χ0) is 13.4. The van der Waals surface area contributed by atoms with E-state index >= 15 is 0 Å². The molecule has 1 atom stereocenters. The highest BCUT2D eigenvalue weighted by Crippen LogP contribution is 2.20. The normalized spacial score (nSPS) is 12.9. The van der Waals surface area contributed by atoms with E-state index in [2.05, 4.69) is 19.3 Å². The fraction of sp³-hybridized carbons (Fsp3) is 0.571. The van der Waals surface area contributed by atoms with Gasteiger partial charge in [0.25, 0.3) is 0 Å². The van der Waals surface area contributed by atoms with Crippen LogP contribution in [0.3, 0.4) is 0 Å². The van der Waals surface area contributed by atoms with E-state index in [1.54, 1.807) is 11.8 Å². The topological polar surface area (TPSA) is 38.0 Å². The van der Waals surface area contributed by atoms with Gasteiger partial charge in [0.1, 0.15) is 5.82 Å². The van der Waals surface area contributed by atoms with Crippen molar-refractivity contribution in [2.75, 3.05) is 5.75 Å². The molecule has 0 spiro atoms. The summed E-state index contributed by atoms with van der Waals surface area (Å²) in [6, 6.07) is 6.92. The van der Waals surface area contributed by atoms with E-state index in [-0.39, 0.29) is 5.82 Å². The molecule has 2 nitrogen and oxygen atoms in total. The van der Waals surface area contributed by atoms with Gasteiger partial charge in [0, 0.05) is 16.7 Å². The first-order valence-corrected chi connectivity index (χ1v) is 7.45. The van der Waals surface area contributed by atoms with Crippen LogP contribution in [0.25, 0.3) is 0 Å². The third kappa shape index (κ3) is 6.38. The van der Waals surface area contributed by atoms with Crippen molar-refractivity contribution in [1.82, 2.24) is 5.43 Å². The Bertz CT molecular complexity index is 327. The summed E-state index contributed by atoms with van der Waals surface area (Å²) in [5, 5.41) is 0. The predicted molar refractivity (Wildman–Crippen MR) is 76.9 cm³/mol. The molecule has 3 N–H and O–H groups in total. The Morgan fingerprint density at radius 1 is 1.22 bits per heavy atom. The van der Waals surface area contributed by atoms with Gasteiger partial charge in [-0.2, -0.15) is 0 Å². The van der Waals surface area contributed by atoms with Crippen LogP contribution in [0.1, 0.15) is 33.1 Å². The molecule has 1 aromatic carbocycles. The summed E-state index contributed by atoms with van der Waals surface area (Å²) in [7, 11) is 0. The molecule has 0 aliphatic rings. The van der Waals surface area contributed by atoms with Crippen LogP contribution in [0.4, 0.5) is 4.39 Å². The van der Waals surface area contributed by atoms with Gasteiger partial charge in [0.15, 0.2) is 0 Å². The minimum Gasteiger partial charge on any atom is -0.271 e. The van der Waals surface area contributed by atoms with Gasteiger partial charge in [-0.15, -0.1) is 11.8 Å². The van der Waals surface area contributed by atoms with Crippen LogP contribution in [0.2, 0.25) is 0 Å². The van der Waals surface area contributed by atoms with Crippen LogP contribution in [0, 0.1) is 11.7 Å². The minimum absolute atomic E-state index is 0.190. The van der Waals surface area contributed by atoms with Crippen molar-refractivity contribution in [3.8, 4) is 0 Å². The summed E-state index contributed by atoms with van der Waals surface area (Å²) in [6.45, 7) is 4.47.